The molecule has 2 aromatic rings. The Hall–Kier alpha value is -1.94. The fourth-order valence-electron chi connectivity index (χ4n) is 1.74. The van der Waals surface area contributed by atoms with Crippen molar-refractivity contribution >= 4 is 29.0 Å². The third-order valence-electron chi connectivity index (χ3n) is 2.70. The summed E-state index contributed by atoms with van der Waals surface area (Å²) in [7, 11) is 0. The number of nitrogens with zero attached hydrogens (tertiary/aromatic N) is 1. The highest BCUT2D eigenvalue weighted by atomic mass is 32.1. The summed E-state index contributed by atoms with van der Waals surface area (Å²) in [6.45, 7) is 4.01. The molecule has 0 atom stereocenters. The number of aromatic nitrogens is 1. The van der Waals surface area contributed by atoms with Crippen LogP contribution in [-0.4, -0.2) is 10.9 Å². The van der Waals surface area contributed by atoms with E-state index >= 15 is 0 Å². The molecule has 0 aliphatic rings. The number of anilines is 1. The summed E-state index contributed by atoms with van der Waals surface area (Å²) in [5.41, 5.74) is 2.82. The number of rotatable bonds is 4. The van der Waals surface area contributed by atoms with E-state index in [0.29, 0.717) is 0 Å². The number of para-hydroxylation sites is 1. The molecule has 2 rings (SSSR count). The van der Waals surface area contributed by atoms with Crippen molar-refractivity contribution in [1.29, 1.82) is 0 Å². The van der Waals surface area contributed by atoms with Crippen LogP contribution in [0.2, 0.25) is 0 Å². The van der Waals surface area contributed by atoms with Crippen LogP contribution in [0.3, 0.4) is 0 Å². The van der Waals surface area contributed by atoms with Crippen LogP contribution in [0.4, 0.5) is 5.69 Å². The van der Waals surface area contributed by atoms with E-state index in [1.165, 1.54) is 6.08 Å². The quantitative estimate of drug-likeness (QED) is 0.863. The second kappa shape index (κ2) is 6.29. The molecule has 0 saturated carbocycles. The zero-order chi connectivity index (χ0) is 13.7. The van der Waals surface area contributed by atoms with E-state index in [-0.39, 0.29) is 5.91 Å². The molecule has 1 aromatic heterocycles. The van der Waals surface area contributed by atoms with Gasteiger partial charge in [0.25, 0.3) is 0 Å². The number of carbonyl (C=O) groups is 1. The maximum absolute atomic E-state index is 11.8. The number of hydrogen-bond acceptors (Lipinski definition) is 3. The Morgan fingerprint density at radius 2 is 2.21 bits per heavy atom. The Balaban J connectivity index is 2.03. The summed E-state index contributed by atoms with van der Waals surface area (Å²) in [6.07, 6.45) is 4.14. The highest BCUT2D eigenvalue weighted by Crippen LogP contribution is 2.15. The molecule has 1 amide bonds. The molecule has 1 N–H and O–H groups in total. The van der Waals surface area contributed by atoms with Gasteiger partial charge in [0, 0.05) is 17.1 Å². The minimum atomic E-state index is -0.133. The molecule has 0 bridgehead atoms. The van der Waals surface area contributed by atoms with Crippen LogP contribution in [0.1, 0.15) is 23.2 Å². The van der Waals surface area contributed by atoms with E-state index in [1.54, 1.807) is 17.4 Å². The maximum atomic E-state index is 11.8. The van der Waals surface area contributed by atoms with Crippen LogP contribution in [0.5, 0.6) is 0 Å². The van der Waals surface area contributed by atoms with Gasteiger partial charge in [-0.15, -0.1) is 11.3 Å². The number of amides is 1. The van der Waals surface area contributed by atoms with Crippen molar-refractivity contribution in [3.8, 4) is 0 Å². The average Bonchev–Trinajstić information content (AvgIpc) is 2.83. The minimum Gasteiger partial charge on any atom is -0.322 e. The van der Waals surface area contributed by atoms with Crippen molar-refractivity contribution < 1.29 is 4.79 Å². The first-order valence-corrected chi connectivity index (χ1v) is 7.06. The average molecular weight is 272 g/mol. The van der Waals surface area contributed by atoms with Gasteiger partial charge in [0.2, 0.25) is 5.91 Å². The van der Waals surface area contributed by atoms with Crippen molar-refractivity contribution in [3.63, 3.8) is 0 Å². The summed E-state index contributed by atoms with van der Waals surface area (Å²) >= 11 is 1.57. The van der Waals surface area contributed by atoms with Crippen LogP contribution >= 0.6 is 11.3 Å². The molecule has 1 heterocycles. The first kappa shape index (κ1) is 13.5. The number of benzene rings is 1. The fourth-order valence-corrected chi connectivity index (χ4v) is 2.32. The third kappa shape index (κ3) is 3.76. The van der Waals surface area contributed by atoms with Gasteiger partial charge in [-0.25, -0.2) is 4.98 Å². The van der Waals surface area contributed by atoms with E-state index in [2.05, 4.69) is 17.2 Å². The summed E-state index contributed by atoms with van der Waals surface area (Å²) in [5.74, 6) is -0.133. The van der Waals surface area contributed by atoms with Gasteiger partial charge in [0.15, 0.2) is 0 Å². The summed E-state index contributed by atoms with van der Waals surface area (Å²) in [6, 6.07) is 7.82. The molecule has 0 radical (unpaired) electrons. The van der Waals surface area contributed by atoms with Gasteiger partial charge in [-0.05, 0) is 31.1 Å². The maximum Gasteiger partial charge on any atom is 0.248 e. The lowest BCUT2D eigenvalue weighted by molar-refractivity contribution is -0.111. The van der Waals surface area contributed by atoms with Crippen molar-refractivity contribution in [2.24, 2.45) is 0 Å². The molecule has 0 unspecified atom stereocenters. The van der Waals surface area contributed by atoms with Crippen LogP contribution in [-0.2, 0) is 11.2 Å². The second-order valence-corrected chi connectivity index (χ2v) is 5.19. The summed E-state index contributed by atoms with van der Waals surface area (Å²) in [5, 5.41) is 5.81. The molecule has 0 fully saturated rings. The standard InChI is InChI=1S/C15H16N2OS/c1-3-12-6-4-5-7-14(12)17-15(18)9-8-13-10-19-11(2)16-13/h4-10H,3H2,1-2H3,(H,17,18)/b9-8+. The fraction of sp³-hybridized carbons (Fsp3) is 0.200. The summed E-state index contributed by atoms with van der Waals surface area (Å²) < 4.78 is 0. The van der Waals surface area contributed by atoms with Gasteiger partial charge in [0.05, 0.1) is 10.7 Å². The van der Waals surface area contributed by atoms with Crippen LogP contribution in [0.15, 0.2) is 35.7 Å². The predicted octanol–water partition coefficient (Wildman–Crippen LogP) is 3.67. The van der Waals surface area contributed by atoms with Crippen LogP contribution < -0.4 is 5.32 Å². The third-order valence-corrected chi connectivity index (χ3v) is 3.49. The van der Waals surface area contributed by atoms with E-state index in [0.717, 1.165) is 28.4 Å². The molecule has 0 aliphatic heterocycles. The van der Waals surface area contributed by atoms with Gasteiger partial charge in [-0.3, -0.25) is 4.79 Å². The molecule has 19 heavy (non-hydrogen) atoms. The van der Waals surface area contributed by atoms with Gasteiger partial charge in [-0.2, -0.15) is 0 Å². The number of carbonyl (C=O) groups excluding carboxylic acids is 1. The van der Waals surface area contributed by atoms with Crippen molar-refractivity contribution in [1.82, 2.24) is 4.98 Å². The van der Waals surface area contributed by atoms with Gasteiger partial charge >= 0.3 is 0 Å². The number of nitrogens with one attached hydrogen (secondary N) is 1. The zero-order valence-electron chi connectivity index (χ0n) is 11.0. The van der Waals surface area contributed by atoms with Gasteiger partial charge in [-0.1, -0.05) is 25.1 Å². The monoisotopic (exact) mass is 272 g/mol. The predicted molar refractivity (Wildman–Crippen MR) is 80.3 cm³/mol. The van der Waals surface area contributed by atoms with E-state index in [9.17, 15) is 4.79 Å². The molecular weight excluding hydrogens is 256 g/mol. The lowest BCUT2D eigenvalue weighted by Gasteiger charge is -2.07. The minimum absolute atomic E-state index is 0.133. The van der Waals surface area contributed by atoms with E-state index in [1.807, 2.05) is 36.6 Å². The van der Waals surface area contributed by atoms with Crippen LogP contribution in [0, 0.1) is 6.92 Å². The Morgan fingerprint density at radius 1 is 1.42 bits per heavy atom. The number of hydrogen-bond donors (Lipinski definition) is 1. The molecule has 0 spiro atoms. The van der Waals surface area contributed by atoms with Crippen molar-refractivity contribution in [2.75, 3.05) is 5.32 Å². The zero-order valence-corrected chi connectivity index (χ0v) is 11.8. The van der Waals surface area contributed by atoms with E-state index < -0.39 is 0 Å². The van der Waals surface area contributed by atoms with E-state index in [4.69, 9.17) is 0 Å². The number of thiazole rings is 1. The largest absolute Gasteiger partial charge is 0.322 e. The lowest BCUT2D eigenvalue weighted by atomic mass is 10.1. The SMILES string of the molecule is CCc1ccccc1NC(=O)/C=C/c1csc(C)n1. The Labute approximate surface area is 117 Å². The molecule has 98 valence electrons. The molecule has 4 heteroatoms. The first-order chi connectivity index (χ1) is 9.19. The molecule has 0 aliphatic carbocycles. The molecule has 1 aromatic carbocycles. The Morgan fingerprint density at radius 3 is 2.89 bits per heavy atom. The lowest BCUT2D eigenvalue weighted by Crippen LogP contribution is -2.09. The Bertz CT molecular complexity index is 602. The number of aryl methyl sites for hydroxylation is 2. The first-order valence-electron chi connectivity index (χ1n) is 6.18. The van der Waals surface area contributed by atoms with Gasteiger partial charge < -0.3 is 5.32 Å². The normalized spacial score (nSPS) is 10.8. The smallest absolute Gasteiger partial charge is 0.248 e. The highest BCUT2D eigenvalue weighted by molar-refractivity contribution is 7.09. The Kier molecular flexibility index (Phi) is 4.47. The molecule has 3 nitrogen and oxygen atoms in total. The van der Waals surface area contributed by atoms with Crippen molar-refractivity contribution in [2.45, 2.75) is 20.3 Å². The van der Waals surface area contributed by atoms with Crippen molar-refractivity contribution in [3.05, 3.63) is 52.0 Å². The van der Waals surface area contributed by atoms with Crippen LogP contribution in [0.25, 0.3) is 6.08 Å². The molecular formula is C15H16N2OS. The summed E-state index contributed by atoms with van der Waals surface area (Å²) in [4.78, 5) is 16.1. The second-order valence-electron chi connectivity index (χ2n) is 4.12. The van der Waals surface area contributed by atoms with Gasteiger partial charge in [0.1, 0.15) is 0 Å². The topological polar surface area (TPSA) is 42.0 Å². The molecule has 0 saturated heterocycles. The highest BCUT2D eigenvalue weighted by Gasteiger charge is 2.02.